The van der Waals surface area contributed by atoms with Gasteiger partial charge in [-0.25, -0.2) is 0 Å². The fraction of sp³-hybridized carbons (Fsp3) is 0.917. The average molecular weight is 226 g/mol. The minimum absolute atomic E-state index is 0.141. The van der Waals surface area contributed by atoms with E-state index in [9.17, 15) is 4.79 Å². The summed E-state index contributed by atoms with van der Waals surface area (Å²) >= 11 is 0. The lowest BCUT2D eigenvalue weighted by atomic mass is 10.1. The van der Waals surface area contributed by atoms with E-state index in [1.165, 1.54) is 0 Å². The predicted molar refractivity (Wildman–Crippen MR) is 62.2 cm³/mol. The summed E-state index contributed by atoms with van der Waals surface area (Å²) in [5, 5.41) is 0. The summed E-state index contributed by atoms with van der Waals surface area (Å²) in [7, 11) is 0. The van der Waals surface area contributed by atoms with Gasteiger partial charge in [0.15, 0.2) is 0 Å². The Balaban J connectivity index is 2.13. The second-order valence-corrected chi connectivity index (χ2v) is 5.36. The van der Waals surface area contributed by atoms with E-state index in [1.807, 2.05) is 4.90 Å². The van der Waals surface area contributed by atoms with Crippen molar-refractivity contribution >= 4 is 5.91 Å². The van der Waals surface area contributed by atoms with E-state index >= 15 is 0 Å². The highest BCUT2D eigenvalue weighted by Gasteiger charge is 2.44. The number of likely N-dealkylation sites (tertiary alicyclic amines) is 1. The summed E-state index contributed by atoms with van der Waals surface area (Å²) in [6.07, 6.45) is 0.211. The molecule has 0 bridgehead atoms. The van der Waals surface area contributed by atoms with Crippen molar-refractivity contribution in [1.29, 1.82) is 0 Å². The number of hydrogen-bond acceptors (Lipinski definition) is 3. The molecule has 2 fully saturated rings. The van der Waals surface area contributed by atoms with Crippen LogP contribution in [-0.2, 0) is 9.53 Å². The van der Waals surface area contributed by atoms with Crippen LogP contribution in [-0.4, -0.2) is 59.6 Å². The first-order valence-electron chi connectivity index (χ1n) is 6.17. The van der Waals surface area contributed by atoms with Crippen LogP contribution >= 0.6 is 0 Å². The van der Waals surface area contributed by atoms with Crippen LogP contribution < -0.4 is 0 Å². The van der Waals surface area contributed by atoms with Crippen molar-refractivity contribution in [3.8, 4) is 0 Å². The van der Waals surface area contributed by atoms with Gasteiger partial charge in [0.1, 0.15) is 6.61 Å². The first kappa shape index (κ1) is 11.9. The number of carbonyl (C=O) groups is 1. The minimum Gasteiger partial charge on any atom is -0.365 e. The molecule has 0 aliphatic carbocycles. The normalized spacial score (nSPS) is 31.6. The molecule has 0 aromatic rings. The Morgan fingerprint density at radius 3 is 2.44 bits per heavy atom. The summed E-state index contributed by atoms with van der Waals surface area (Å²) < 4.78 is 5.64. The van der Waals surface area contributed by atoms with Crippen molar-refractivity contribution in [2.75, 3.05) is 19.7 Å². The lowest BCUT2D eigenvalue weighted by molar-refractivity contribution is -0.155. The van der Waals surface area contributed by atoms with Gasteiger partial charge in [0.2, 0.25) is 5.91 Å². The quantitative estimate of drug-likeness (QED) is 0.695. The van der Waals surface area contributed by atoms with E-state index in [4.69, 9.17) is 4.74 Å². The smallest absolute Gasteiger partial charge is 0.249 e. The summed E-state index contributed by atoms with van der Waals surface area (Å²) in [6.45, 7) is 10.7. The van der Waals surface area contributed by atoms with E-state index in [0.717, 1.165) is 13.1 Å². The van der Waals surface area contributed by atoms with Crippen molar-refractivity contribution in [2.45, 2.75) is 51.9 Å². The molecule has 4 heteroatoms. The molecule has 2 saturated heterocycles. The van der Waals surface area contributed by atoms with Crippen LogP contribution in [0.3, 0.4) is 0 Å². The van der Waals surface area contributed by atoms with Crippen LogP contribution in [0.15, 0.2) is 0 Å². The van der Waals surface area contributed by atoms with Crippen molar-refractivity contribution in [2.24, 2.45) is 0 Å². The molecule has 2 atom stereocenters. The SMILES string of the molecule is CC(C)N1CC2OCC(=O)N(C(C)C)C2C1. The Bertz CT molecular complexity index is 278. The van der Waals surface area contributed by atoms with Crippen molar-refractivity contribution in [1.82, 2.24) is 9.80 Å². The van der Waals surface area contributed by atoms with Gasteiger partial charge in [-0.15, -0.1) is 0 Å². The van der Waals surface area contributed by atoms with Gasteiger partial charge in [0, 0.05) is 25.2 Å². The molecule has 0 aromatic carbocycles. The Hall–Kier alpha value is -0.610. The molecule has 2 aliphatic rings. The molecule has 0 saturated carbocycles. The third-order valence-electron chi connectivity index (χ3n) is 3.62. The third-order valence-corrected chi connectivity index (χ3v) is 3.62. The lowest BCUT2D eigenvalue weighted by Gasteiger charge is -2.39. The highest BCUT2D eigenvalue weighted by molar-refractivity contribution is 5.79. The Labute approximate surface area is 97.5 Å². The lowest BCUT2D eigenvalue weighted by Crippen LogP contribution is -2.56. The monoisotopic (exact) mass is 226 g/mol. The molecule has 0 aromatic heterocycles. The van der Waals surface area contributed by atoms with Gasteiger partial charge < -0.3 is 9.64 Å². The fourth-order valence-corrected chi connectivity index (χ4v) is 2.75. The summed E-state index contributed by atoms with van der Waals surface area (Å²) in [6, 6.07) is 1.05. The molecule has 16 heavy (non-hydrogen) atoms. The van der Waals surface area contributed by atoms with Gasteiger partial charge in [-0.3, -0.25) is 9.69 Å². The molecule has 1 amide bonds. The van der Waals surface area contributed by atoms with Gasteiger partial charge >= 0.3 is 0 Å². The molecule has 0 N–H and O–H groups in total. The van der Waals surface area contributed by atoms with E-state index in [0.29, 0.717) is 6.04 Å². The molecule has 2 heterocycles. The fourth-order valence-electron chi connectivity index (χ4n) is 2.75. The van der Waals surface area contributed by atoms with Gasteiger partial charge in [-0.1, -0.05) is 0 Å². The van der Waals surface area contributed by atoms with Gasteiger partial charge in [-0.05, 0) is 27.7 Å². The van der Waals surface area contributed by atoms with Gasteiger partial charge in [-0.2, -0.15) is 0 Å². The minimum atomic E-state index is 0.141. The number of hydrogen-bond donors (Lipinski definition) is 0. The maximum Gasteiger partial charge on any atom is 0.249 e. The van der Waals surface area contributed by atoms with Crippen molar-refractivity contribution < 1.29 is 9.53 Å². The van der Waals surface area contributed by atoms with Gasteiger partial charge in [0.05, 0.1) is 12.1 Å². The van der Waals surface area contributed by atoms with E-state index < -0.39 is 0 Å². The molecular weight excluding hydrogens is 204 g/mol. The van der Waals surface area contributed by atoms with Crippen LogP contribution in [0.5, 0.6) is 0 Å². The Morgan fingerprint density at radius 1 is 1.19 bits per heavy atom. The van der Waals surface area contributed by atoms with E-state index in [-0.39, 0.29) is 30.7 Å². The molecule has 0 radical (unpaired) electrons. The molecule has 92 valence electrons. The average Bonchev–Trinajstić information content (AvgIpc) is 2.60. The molecular formula is C12H22N2O2. The number of morpholine rings is 1. The van der Waals surface area contributed by atoms with Crippen LogP contribution in [0.1, 0.15) is 27.7 Å². The third kappa shape index (κ3) is 1.96. The maximum absolute atomic E-state index is 11.8. The Morgan fingerprint density at radius 2 is 1.88 bits per heavy atom. The molecule has 2 unspecified atom stereocenters. The summed E-state index contributed by atoms with van der Waals surface area (Å²) in [5.41, 5.74) is 0. The highest BCUT2D eigenvalue weighted by Crippen LogP contribution is 2.26. The highest BCUT2D eigenvalue weighted by atomic mass is 16.5. The Kier molecular flexibility index (Phi) is 3.22. The number of rotatable bonds is 2. The number of nitrogens with zero attached hydrogens (tertiary/aromatic N) is 2. The maximum atomic E-state index is 11.8. The topological polar surface area (TPSA) is 32.8 Å². The molecule has 2 aliphatic heterocycles. The predicted octanol–water partition coefficient (Wildman–Crippen LogP) is 0.715. The number of fused-ring (bicyclic) bond motifs is 1. The largest absolute Gasteiger partial charge is 0.365 e. The standard InChI is InChI=1S/C12H22N2O2/c1-8(2)13-5-10-11(6-13)16-7-12(15)14(10)9(3)4/h8-11H,5-7H2,1-4H3. The molecule has 2 rings (SSSR count). The molecule has 0 spiro atoms. The number of amides is 1. The number of ether oxygens (including phenoxy) is 1. The second-order valence-electron chi connectivity index (χ2n) is 5.36. The van der Waals surface area contributed by atoms with Crippen molar-refractivity contribution in [3.63, 3.8) is 0 Å². The van der Waals surface area contributed by atoms with Crippen LogP contribution in [0.2, 0.25) is 0 Å². The van der Waals surface area contributed by atoms with Crippen molar-refractivity contribution in [3.05, 3.63) is 0 Å². The molecule has 4 nitrogen and oxygen atoms in total. The zero-order valence-electron chi connectivity index (χ0n) is 10.6. The summed E-state index contributed by atoms with van der Waals surface area (Å²) in [5.74, 6) is 0.141. The first-order chi connectivity index (χ1) is 7.50. The second kappa shape index (κ2) is 4.34. The van der Waals surface area contributed by atoms with Crippen LogP contribution in [0.4, 0.5) is 0 Å². The number of carbonyl (C=O) groups excluding carboxylic acids is 1. The van der Waals surface area contributed by atoms with E-state index in [1.54, 1.807) is 0 Å². The zero-order valence-corrected chi connectivity index (χ0v) is 10.6. The summed E-state index contributed by atoms with van der Waals surface area (Å²) in [4.78, 5) is 16.2. The zero-order chi connectivity index (χ0) is 11.9. The van der Waals surface area contributed by atoms with Crippen LogP contribution in [0, 0.1) is 0 Å². The van der Waals surface area contributed by atoms with Gasteiger partial charge in [0.25, 0.3) is 0 Å². The van der Waals surface area contributed by atoms with E-state index in [2.05, 4.69) is 32.6 Å². The van der Waals surface area contributed by atoms with Crippen LogP contribution in [0.25, 0.3) is 0 Å². The first-order valence-corrected chi connectivity index (χ1v) is 6.17.